The van der Waals surface area contributed by atoms with Crippen LogP contribution in [0.5, 0.6) is 0 Å². The van der Waals surface area contributed by atoms with Crippen molar-refractivity contribution in [1.29, 1.82) is 0 Å². The first kappa shape index (κ1) is 18.2. The predicted molar refractivity (Wildman–Crippen MR) is 89.3 cm³/mol. The summed E-state index contributed by atoms with van der Waals surface area (Å²) in [5.41, 5.74) is 1.17. The molecule has 0 spiro atoms. The molecule has 1 N–H and O–H groups in total. The average Bonchev–Trinajstić information content (AvgIpc) is 2.47. The summed E-state index contributed by atoms with van der Waals surface area (Å²) < 4.78 is 23.0. The zero-order chi connectivity index (χ0) is 15.9. The van der Waals surface area contributed by atoms with Crippen LogP contribution in [-0.2, 0) is 9.84 Å². The number of benzene rings is 1. The van der Waals surface area contributed by atoms with Gasteiger partial charge in [0.1, 0.15) is 0 Å². The molecular weight excluding hydrogens is 282 g/mol. The largest absolute Gasteiger partial charge is 0.313 e. The maximum absolute atomic E-state index is 11.5. The van der Waals surface area contributed by atoms with Crippen LogP contribution >= 0.6 is 0 Å². The Morgan fingerprint density at radius 2 is 1.76 bits per heavy atom. The lowest BCUT2D eigenvalue weighted by Gasteiger charge is -2.23. The van der Waals surface area contributed by atoms with Crippen molar-refractivity contribution in [2.45, 2.75) is 56.9 Å². The number of nitrogens with one attached hydrogen (secondary N) is 1. The zero-order valence-electron chi connectivity index (χ0n) is 13.7. The molecule has 2 unspecified atom stereocenters. The third kappa shape index (κ3) is 5.79. The van der Waals surface area contributed by atoms with E-state index in [9.17, 15) is 8.42 Å². The van der Waals surface area contributed by atoms with Crippen molar-refractivity contribution in [2.24, 2.45) is 5.92 Å². The van der Waals surface area contributed by atoms with Gasteiger partial charge in [-0.15, -0.1) is 0 Å². The quantitative estimate of drug-likeness (QED) is 0.751. The van der Waals surface area contributed by atoms with Crippen molar-refractivity contribution in [2.75, 3.05) is 13.3 Å². The minimum atomic E-state index is -3.11. The van der Waals surface area contributed by atoms with E-state index in [1.165, 1.54) is 37.5 Å². The second kappa shape index (κ2) is 8.54. The van der Waals surface area contributed by atoms with Crippen LogP contribution in [0.3, 0.4) is 0 Å². The Morgan fingerprint density at radius 3 is 2.19 bits per heavy atom. The second-order valence-electron chi connectivity index (χ2n) is 5.83. The number of hydrogen-bond donors (Lipinski definition) is 1. The van der Waals surface area contributed by atoms with Gasteiger partial charge < -0.3 is 5.32 Å². The van der Waals surface area contributed by atoms with Crippen LogP contribution in [0.1, 0.15) is 57.6 Å². The van der Waals surface area contributed by atoms with E-state index in [1.807, 2.05) is 19.2 Å². The molecule has 0 saturated carbocycles. The number of hydrogen-bond acceptors (Lipinski definition) is 3. The summed E-state index contributed by atoms with van der Waals surface area (Å²) in [6.45, 7) is 4.48. The molecule has 4 heteroatoms. The van der Waals surface area contributed by atoms with Crippen molar-refractivity contribution in [3.63, 3.8) is 0 Å². The van der Waals surface area contributed by atoms with Gasteiger partial charge in [-0.3, -0.25) is 0 Å². The fraction of sp³-hybridized carbons (Fsp3) is 0.647. The fourth-order valence-electron chi connectivity index (χ4n) is 2.68. The molecule has 0 aliphatic rings. The lowest BCUT2D eigenvalue weighted by atomic mass is 9.89. The summed E-state index contributed by atoms with van der Waals surface area (Å²) in [4.78, 5) is 0.388. The van der Waals surface area contributed by atoms with Crippen molar-refractivity contribution >= 4 is 9.84 Å². The van der Waals surface area contributed by atoms with E-state index >= 15 is 0 Å². The van der Waals surface area contributed by atoms with E-state index < -0.39 is 9.84 Å². The molecule has 0 aromatic heterocycles. The predicted octanol–water partition coefficient (Wildman–Crippen LogP) is 3.96. The lowest BCUT2D eigenvalue weighted by molar-refractivity contribution is 0.365. The van der Waals surface area contributed by atoms with Gasteiger partial charge in [0.25, 0.3) is 0 Å². The molecule has 1 aromatic carbocycles. The first-order valence-electron chi connectivity index (χ1n) is 7.89. The van der Waals surface area contributed by atoms with Gasteiger partial charge in [-0.25, -0.2) is 8.42 Å². The Bertz CT molecular complexity index is 508. The van der Waals surface area contributed by atoms with Crippen LogP contribution in [0.4, 0.5) is 0 Å². The van der Waals surface area contributed by atoms with Crippen molar-refractivity contribution in [1.82, 2.24) is 5.32 Å². The SMILES string of the molecule is CCCCC(CC)CC(NC)c1ccc(S(C)(=O)=O)cc1. The third-order valence-corrected chi connectivity index (χ3v) is 5.30. The Hall–Kier alpha value is -0.870. The van der Waals surface area contributed by atoms with Gasteiger partial charge >= 0.3 is 0 Å². The summed E-state index contributed by atoms with van der Waals surface area (Å²) in [7, 11) is -1.14. The monoisotopic (exact) mass is 311 g/mol. The van der Waals surface area contributed by atoms with Gasteiger partial charge in [-0.2, -0.15) is 0 Å². The van der Waals surface area contributed by atoms with Gasteiger partial charge in [-0.1, -0.05) is 51.7 Å². The number of unbranched alkanes of at least 4 members (excludes halogenated alkanes) is 1. The molecule has 0 heterocycles. The van der Waals surface area contributed by atoms with Crippen LogP contribution in [0, 0.1) is 5.92 Å². The van der Waals surface area contributed by atoms with E-state index in [0.29, 0.717) is 10.9 Å². The van der Waals surface area contributed by atoms with Crippen LogP contribution in [0.25, 0.3) is 0 Å². The van der Waals surface area contributed by atoms with Crippen molar-refractivity contribution in [3.8, 4) is 0 Å². The highest BCUT2D eigenvalue weighted by Crippen LogP contribution is 2.27. The van der Waals surface area contributed by atoms with Gasteiger partial charge in [0, 0.05) is 12.3 Å². The molecule has 120 valence electrons. The topological polar surface area (TPSA) is 46.2 Å². The standard InChI is InChI=1S/C17H29NO2S/c1-5-7-8-14(6-2)13-17(18-3)15-9-11-16(12-10-15)21(4,19)20/h9-12,14,17-18H,5-8,13H2,1-4H3. The Kier molecular flexibility index (Phi) is 7.40. The van der Waals surface area contributed by atoms with Crippen LogP contribution in [0.2, 0.25) is 0 Å². The van der Waals surface area contributed by atoms with E-state index in [-0.39, 0.29) is 0 Å². The highest BCUT2D eigenvalue weighted by atomic mass is 32.2. The maximum atomic E-state index is 11.5. The van der Waals surface area contributed by atoms with Crippen LogP contribution in [-0.4, -0.2) is 21.7 Å². The summed E-state index contributed by atoms with van der Waals surface area (Å²) >= 11 is 0. The van der Waals surface area contributed by atoms with E-state index in [0.717, 1.165) is 12.3 Å². The van der Waals surface area contributed by atoms with E-state index in [2.05, 4.69) is 19.2 Å². The van der Waals surface area contributed by atoms with Gasteiger partial charge in [0.05, 0.1) is 4.90 Å². The molecule has 0 fully saturated rings. The highest BCUT2D eigenvalue weighted by molar-refractivity contribution is 7.90. The molecule has 21 heavy (non-hydrogen) atoms. The molecule has 1 rings (SSSR count). The first-order valence-corrected chi connectivity index (χ1v) is 9.78. The third-order valence-electron chi connectivity index (χ3n) is 4.17. The summed E-state index contributed by atoms with van der Waals surface area (Å²) in [6.07, 6.45) is 7.33. The molecule has 0 amide bonds. The summed E-state index contributed by atoms with van der Waals surface area (Å²) in [5.74, 6) is 0.719. The Morgan fingerprint density at radius 1 is 1.14 bits per heavy atom. The van der Waals surface area contributed by atoms with Gasteiger partial charge in [0.15, 0.2) is 9.84 Å². The number of sulfone groups is 1. The minimum Gasteiger partial charge on any atom is -0.313 e. The summed E-state index contributed by atoms with van der Waals surface area (Å²) in [5, 5.41) is 3.37. The average molecular weight is 311 g/mol. The smallest absolute Gasteiger partial charge is 0.175 e. The van der Waals surface area contributed by atoms with Gasteiger partial charge in [-0.05, 0) is 37.1 Å². The molecular formula is C17H29NO2S. The lowest BCUT2D eigenvalue weighted by Crippen LogP contribution is -2.20. The maximum Gasteiger partial charge on any atom is 0.175 e. The molecule has 0 bridgehead atoms. The minimum absolute atomic E-state index is 0.292. The first-order chi connectivity index (χ1) is 9.92. The zero-order valence-corrected chi connectivity index (χ0v) is 14.5. The molecule has 1 aromatic rings. The van der Waals surface area contributed by atoms with Gasteiger partial charge in [0.2, 0.25) is 0 Å². The van der Waals surface area contributed by atoms with Crippen molar-refractivity contribution < 1.29 is 8.42 Å². The van der Waals surface area contributed by atoms with E-state index in [1.54, 1.807) is 12.1 Å². The fourth-order valence-corrected chi connectivity index (χ4v) is 3.31. The normalized spacial score (nSPS) is 14.9. The number of rotatable bonds is 9. The van der Waals surface area contributed by atoms with Crippen LogP contribution < -0.4 is 5.32 Å². The highest BCUT2D eigenvalue weighted by Gasteiger charge is 2.16. The van der Waals surface area contributed by atoms with E-state index in [4.69, 9.17) is 0 Å². The van der Waals surface area contributed by atoms with Crippen LogP contribution in [0.15, 0.2) is 29.2 Å². The Labute approximate surface area is 130 Å². The molecule has 0 aliphatic heterocycles. The van der Waals surface area contributed by atoms with Crippen molar-refractivity contribution in [3.05, 3.63) is 29.8 Å². The second-order valence-corrected chi connectivity index (χ2v) is 7.85. The molecule has 0 aliphatic carbocycles. The molecule has 0 radical (unpaired) electrons. The Balaban J connectivity index is 2.80. The molecule has 2 atom stereocenters. The molecule has 3 nitrogen and oxygen atoms in total. The summed E-state index contributed by atoms with van der Waals surface area (Å²) in [6, 6.07) is 7.58. The molecule has 0 saturated heterocycles.